The van der Waals surface area contributed by atoms with Crippen molar-refractivity contribution in [2.45, 2.75) is 64.6 Å². The molecule has 5 aliphatic rings. The monoisotopic (exact) mass is 503 g/mol. The number of carbonyl (C=O) groups is 3. The molecule has 0 spiro atoms. The fourth-order valence-electron chi connectivity index (χ4n) is 6.41. The first-order valence-electron chi connectivity index (χ1n) is 11.8. The molecule has 188 valence electrons. The van der Waals surface area contributed by atoms with Gasteiger partial charge in [-0.1, -0.05) is 25.5 Å². The van der Waals surface area contributed by atoms with Crippen LogP contribution in [0.2, 0.25) is 0 Å². The van der Waals surface area contributed by atoms with Gasteiger partial charge in [-0.05, 0) is 49.3 Å². The number of esters is 1. The predicted octanol–water partition coefficient (Wildman–Crippen LogP) is 2.04. The van der Waals surface area contributed by atoms with E-state index in [0.717, 1.165) is 34.7 Å². The number of Topliss-reactive ketones (excluding diaryl/α,β-unsaturated/α-hetero) is 1. The van der Waals surface area contributed by atoms with E-state index in [1.807, 2.05) is 0 Å². The molecule has 0 aromatic carbocycles. The maximum Gasteiger partial charge on any atom is 0.303 e. The minimum atomic E-state index is -4.01. The Hall–Kier alpha value is -2.56. The minimum absolute atomic E-state index is 0.0117. The third-order valence-electron chi connectivity index (χ3n) is 8.07. The van der Waals surface area contributed by atoms with E-state index in [-0.39, 0.29) is 23.7 Å². The first-order chi connectivity index (χ1) is 16.3. The molecule has 0 fully saturated rings. The Morgan fingerprint density at radius 3 is 2.63 bits per heavy atom. The lowest BCUT2D eigenvalue weighted by Crippen LogP contribution is -2.66. The quantitative estimate of drug-likeness (QED) is 0.578. The fourth-order valence-corrected chi connectivity index (χ4v) is 7.21. The zero-order chi connectivity index (χ0) is 25.5. The summed E-state index contributed by atoms with van der Waals surface area (Å²) >= 11 is 0. The van der Waals surface area contributed by atoms with Gasteiger partial charge in [0, 0.05) is 29.4 Å². The van der Waals surface area contributed by atoms with Crippen molar-refractivity contribution >= 4 is 27.6 Å². The molecule has 1 aliphatic heterocycles. The zero-order valence-electron chi connectivity index (χ0n) is 20.2. The first-order valence-corrected chi connectivity index (χ1v) is 13.6. The van der Waals surface area contributed by atoms with E-state index in [2.05, 4.69) is 0 Å². The van der Waals surface area contributed by atoms with Gasteiger partial charge in [-0.15, -0.1) is 4.47 Å². The lowest BCUT2D eigenvalue weighted by Gasteiger charge is -2.56. The molecule has 1 heterocycles. The van der Waals surface area contributed by atoms with Crippen molar-refractivity contribution < 1.29 is 37.5 Å². The third kappa shape index (κ3) is 3.26. The number of hydrogen-bond acceptors (Lipinski definition) is 8. The number of nitrogens with zero attached hydrogens (tertiary/aromatic N) is 1. The second-order valence-corrected chi connectivity index (χ2v) is 12.2. The van der Waals surface area contributed by atoms with Crippen molar-refractivity contribution in [1.82, 2.24) is 4.47 Å². The number of hydroxylamine groups is 1. The highest BCUT2D eigenvalue weighted by Crippen LogP contribution is 2.62. The van der Waals surface area contributed by atoms with Crippen LogP contribution in [0.25, 0.3) is 0 Å². The van der Waals surface area contributed by atoms with Crippen LogP contribution in [0.5, 0.6) is 0 Å². The summed E-state index contributed by atoms with van der Waals surface area (Å²) in [6, 6.07) is 0. The summed E-state index contributed by atoms with van der Waals surface area (Å²) in [7, 11) is -4.01. The van der Waals surface area contributed by atoms with Gasteiger partial charge < -0.3 is 9.84 Å². The van der Waals surface area contributed by atoms with Gasteiger partial charge in [-0.3, -0.25) is 14.4 Å². The molecule has 35 heavy (non-hydrogen) atoms. The number of hydrogen-bond donors (Lipinski definition) is 1. The number of rotatable bonds is 4. The van der Waals surface area contributed by atoms with Crippen molar-refractivity contribution in [1.29, 1.82) is 0 Å². The molecule has 9 nitrogen and oxygen atoms in total. The first kappa shape index (κ1) is 24.1. The highest BCUT2D eigenvalue weighted by atomic mass is 32.2. The van der Waals surface area contributed by atoms with E-state index in [0.29, 0.717) is 29.7 Å². The maximum absolute atomic E-state index is 14.0. The second-order valence-electron chi connectivity index (χ2n) is 10.4. The van der Waals surface area contributed by atoms with E-state index in [4.69, 9.17) is 9.57 Å². The summed E-state index contributed by atoms with van der Waals surface area (Å²) in [5.41, 5.74) is 0.115. The van der Waals surface area contributed by atoms with Crippen molar-refractivity contribution in [3.8, 4) is 0 Å². The van der Waals surface area contributed by atoms with Crippen molar-refractivity contribution in [2.75, 3.05) is 12.9 Å². The van der Waals surface area contributed by atoms with Crippen LogP contribution in [0, 0.1) is 11.3 Å². The van der Waals surface area contributed by atoms with E-state index in [1.54, 1.807) is 19.9 Å². The van der Waals surface area contributed by atoms with E-state index >= 15 is 0 Å². The molecule has 0 saturated carbocycles. The maximum atomic E-state index is 14.0. The molecular weight excluding hydrogens is 474 g/mol. The Labute approximate surface area is 204 Å². The van der Waals surface area contributed by atoms with Crippen LogP contribution < -0.4 is 0 Å². The van der Waals surface area contributed by atoms with E-state index in [9.17, 15) is 27.9 Å². The van der Waals surface area contributed by atoms with Crippen LogP contribution >= 0.6 is 0 Å². The number of sulfonamides is 1. The fraction of sp³-hybridized carbons (Fsp3) is 0.560. The van der Waals surface area contributed by atoms with E-state index in [1.165, 1.54) is 13.0 Å². The van der Waals surface area contributed by atoms with Gasteiger partial charge in [-0.25, -0.2) is 13.3 Å². The van der Waals surface area contributed by atoms with Crippen LogP contribution in [0.3, 0.4) is 0 Å². The normalized spacial score (nSPS) is 34.1. The number of aliphatic hydroxyl groups excluding tert-OH is 1. The van der Waals surface area contributed by atoms with Crippen LogP contribution in [0.15, 0.2) is 45.7 Å². The largest absolute Gasteiger partial charge is 0.458 e. The molecule has 1 N–H and O–H groups in total. The Balaban J connectivity index is 1.81. The van der Waals surface area contributed by atoms with Gasteiger partial charge in [-0.2, -0.15) is 0 Å². The molecule has 5 rings (SSSR count). The molecule has 0 aromatic heterocycles. The Morgan fingerprint density at radius 1 is 1.26 bits per heavy atom. The lowest BCUT2D eigenvalue weighted by atomic mass is 9.53. The molecule has 4 atom stereocenters. The van der Waals surface area contributed by atoms with Crippen molar-refractivity contribution in [3.05, 3.63) is 45.7 Å². The number of ether oxygens (including phenoxy) is 1. The number of fused-ring (bicyclic) bond motifs is 5. The minimum Gasteiger partial charge on any atom is -0.458 e. The Kier molecular flexibility index (Phi) is 5.32. The van der Waals surface area contributed by atoms with Gasteiger partial charge in [0.2, 0.25) is 5.78 Å². The highest BCUT2D eigenvalue weighted by Gasteiger charge is 2.68. The lowest BCUT2D eigenvalue weighted by molar-refractivity contribution is -0.215. The summed E-state index contributed by atoms with van der Waals surface area (Å²) in [6.07, 6.45) is 5.89. The third-order valence-corrected chi connectivity index (χ3v) is 8.93. The molecule has 0 unspecified atom stereocenters. The second kappa shape index (κ2) is 7.72. The number of aliphatic hydroxyl groups is 1. The summed E-state index contributed by atoms with van der Waals surface area (Å²) in [6.45, 7) is 3.92. The number of carbonyl (C=O) groups excluding carboxylic acids is 3. The molecule has 0 saturated heterocycles. The molecule has 0 aromatic rings. The topological polar surface area (TPSA) is 127 Å². The number of ketones is 2. The molecule has 0 radical (unpaired) electrons. The van der Waals surface area contributed by atoms with Crippen molar-refractivity contribution in [2.24, 2.45) is 11.3 Å². The van der Waals surface area contributed by atoms with Gasteiger partial charge in [0.15, 0.2) is 18.0 Å². The molecule has 4 aliphatic carbocycles. The van der Waals surface area contributed by atoms with Gasteiger partial charge in [0.05, 0.1) is 18.1 Å². The molecule has 0 amide bonds. The van der Waals surface area contributed by atoms with Gasteiger partial charge >= 0.3 is 5.97 Å². The molecular formula is C25H29NO8S. The summed E-state index contributed by atoms with van der Waals surface area (Å²) in [5.74, 6) is -2.01. The molecule has 0 bridgehead atoms. The highest BCUT2D eigenvalue weighted by molar-refractivity contribution is 7.88. The van der Waals surface area contributed by atoms with Crippen LogP contribution in [-0.2, 0) is 34.0 Å². The van der Waals surface area contributed by atoms with E-state index < -0.39 is 45.5 Å². The standard InChI is InChI=1S/C25H29NO8S/c1-13-8-19-20(28)10-18-17-9-15-6-5-7-16(15)23(17)26(35(4,31)32)34-25(18,22(30)12-33-14(2)27)24(19,3)11-21(13)29/h8,10,13,21,29H,5-7,9,11-12H2,1-4H3/t13-,21+,24+,25-/m1/s1. The summed E-state index contributed by atoms with van der Waals surface area (Å²) in [5, 5.41) is 10.8. The smallest absolute Gasteiger partial charge is 0.303 e. The van der Waals surface area contributed by atoms with Crippen molar-refractivity contribution in [3.63, 3.8) is 0 Å². The summed E-state index contributed by atoms with van der Waals surface area (Å²) < 4.78 is 32.0. The Bertz CT molecular complexity index is 1300. The zero-order valence-corrected chi connectivity index (χ0v) is 21.0. The van der Waals surface area contributed by atoms with Gasteiger partial charge in [0.25, 0.3) is 10.0 Å². The van der Waals surface area contributed by atoms with Gasteiger partial charge in [0.1, 0.15) is 0 Å². The van der Waals surface area contributed by atoms with Crippen LogP contribution in [0.1, 0.15) is 52.9 Å². The summed E-state index contributed by atoms with van der Waals surface area (Å²) in [4.78, 5) is 45.3. The Morgan fingerprint density at radius 2 is 1.97 bits per heavy atom. The SMILES string of the molecule is CC(=O)OCC(=O)[C@]12ON(S(C)(=O)=O)C3=C(CC4=C3CCC4)C1=CC(=O)C1=C[C@@H](C)[C@@H](O)C[C@@]12C. The van der Waals surface area contributed by atoms with Crippen LogP contribution in [-0.4, -0.2) is 60.1 Å². The predicted molar refractivity (Wildman–Crippen MR) is 124 cm³/mol. The average Bonchev–Trinajstić information content (AvgIpc) is 3.35. The number of allylic oxidation sites excluding steroid dienone is 3. The van der Waals surface area contributed by atoms with Crippen LogP contribution in [0.4, 0.5) is 0 Å². The molecule has 10 heteroatoms. The average molecular weight is 504 g/mol.